The summed E-state index contributed by atoms with van der Waals surface area (Å²) in [6, 6.07) is 0.394. The van der Waals surface area contributed by atoms with Crippen LogP contribution < -0.4 is 15.0 Å². The summed E-state index contributed by atoms with van der Waals surface area (Å²) in [6.07, 6.45) is 1.20. The fourth-order valence-corrected chi connectivity index (χ4v) is 2.27. The first-order valence-electron chi connectivity index (χ1n) is 7.31. The highest BCUT2D eigenvalue weighted by atomic mass is 16.5. The van der Waals surface area contributed by atoms with Crippen molar-refractivity contribution in [3.05, 3.63) is 0 Å². The monoisotopic (exact) mass is 279 g/mol. The molecule has 0 atom stereocenters. The highest BCUT2D eigenvalue weighted by molar-refractivity contribution is 5.39. The standard InChI is InChI=1S/C14H25N5O/c1-6-15-11-16-12(18-13(17-11)20-10(2)3)19-8-7-14(4,5)9-19/h10H,6-9H2,1-5H3,(H,15,16,17,18). The summed E-state index contributed by atoms with van der Waals surface area (Å²) in [5.74, 6) is 1.29. The first kappa shape index (κ1) is 14.8. The van der Waals surface area contributed by atoms with Gasteiger partial charge in [0.2, 0.25) is 11.9 Å². The molecule has 112 valence electrons. The van der Waals surface area contributed by atoms with E-state index in [0.717, 1.165) is 26.1 Å². The molecule has 6 nitrogen and oxygen atoms in total. The molecule has 1 aliphatic heterocycles. The molecule has 20 heavy (non-hydrogen) atoms. The van der Waals surface area contributed by atoms with Crippen LogP contribution >= 0.6 is 0 Å². The Morgan fingerprint density at radius 2 is 2.05 bits per heavy atom. The molecule has 0 aliphatic carbocycles. The molecule has 2 heterocycles. The molecule has 0 saturated carbocycles. The second kappa shape index (κ2) is 5.81. The van der Waals surface area contributed by atoms with Gasteiger partial charge in [0.1, 0.15) is 0 Å². The summed E-state index contributed by atoms with van der Waals surface area (Å²) in [5.41, 5.74) is 0.310. The second-order valence-corrected chi connectivity index (χ2v) is 6.27. The van der Waals surface area contributed by atoms with Crippen LogP contribution in [0.4, 0.5) is 11.9 Å². The van der Waals surface area contributed by atoms with E-state index in [9.17, 15) is 0 Å². The summed E-state index contributed by atoms with van der Waals surface area (Å²) in [6.45, 7) is 13.2. The van der Waals surface area contributed by atoms with E-state index in [0.29, 0.717) is 23.3 Å². The van der Waals surface area contributed by atoms with Crippen LogP contribution in [-0.4, -0.2) is 40.7 Å². The molecule has 1 N–H and O–H groups in total. The van der Waals surface area contributed by atoms with Gasteiger partial charge in [0.25, 0.3) is 0 Å². The van der Waals surface area contributed by atoms with Gasteiger partial charge in [-0.05, 0) is 32.6 Å². The predicted octanol–water partition coefficient (Wildman–Crippen LogP) is 2.33. The molecule has 2 rings (SSSR count). The number of nitrogens with zero attached hydrogens (tertiary/aromatic N) is 4. The van der Waals surface area contributed by atoms with Crippen LogP contribution in [0.5, 0.6) is 6.01 Å². The third-order valence-corrected chi connectivity index (χ3v) is 3.24. The molecule has 0 radical (unpaired) electrons. The first-order chi connectivity index (χ1) is 9.39. The van der Waals surface area contributed by atoms with E-state index in [4.69, 9.17) is 4.74 Å². The average molecular weight is 279 g/mol. The van der Waals surface area contributed by atoms with E-state index in [2.05, 4.69) is 39.0 Å². The van der Waals surface area contributed by atoms with E-state index in [1.165, 1.54) is 0 Å². The van der Waals surface area contributed by atoms with Gasteiger partial charge in [-0.25, -0.2) is 0 Å². The van der Waals surface area contributed by atoms with E-state index < -0.39 is 0 Å². The zero-order valence-corrected chi connectivity index (χ0v) is 13.1. The maximum Gasteiger partial charge on any atom is 0.323 e. The molecule has 1 saturated heterocycles. The van der Waals surface area contributed by atoms with Crippen LogP contribution in [0.15, 0.2) is 0 Å². The van der Waals surface area contributed by atoms with Crippen molar-refractivity contribution < 1.29 is 4.74 Å². The van der Waals surface area contributed by atoms with Gasteiger partial charge in [0, 0.05) is 19.6 Å². The molecule has 1 fully saturated rings. The van der Waals surface area contributed by atoms with Crippen molar-refractivity contribution in [3.63, 3.8) is 0 Å². The molecular formula is C14H25N5O. The minimum Gasteiger partial charge on any atom is -0.461 e. The molecule has 0 aromatic carbocycles. The number of nitrogens with one attached hydrogen (secondary N) is 1. The zero-order valence-electron chi connectivity index (χ0n) is 13.1. The van der Waals surface area contributed by atoms with Gasteiger partial charge in [-0.1, -0.05) is 13.8 Å². The summed E-state index contributed by atoms with van der Waals surface area (Å²) >= 11 is 0. The number of hydrogen-bond acceptors (Lipinski definition) is 6. The maximum atomic E-state index is 5.62. The SMILES string of the molecule is CCNc1nc(OC(C)C)nc(N2CCC(C)(C)C2)n1. The lowest BCUT2D eigenvalue weighted by Gasteiger charge is -2.20. The second-order valence-electron chi connectivity index (χ2n) is 6.27. The highest BCUT2D eigenvalue weighted by Crippen LogP contribution is 2.31. The number of anilines is 2. The zero-order chi connectivity index (χ0) is 14.8. The van der Waals surface area contributed by atoms with Crippen molar-refractivity contribution in [3.8, 4) is 6.01 Å². The van der Waals surface area contributed by atoms with Crippen LogP contribution in [0.3, 0.4) is 0 Å². The van der Waals surface area contributed by atoms with Gasteiger partial charge in [-0.2, -0.15) is 15.0 Å². The van der Waals surface area contributed by atoms with E-state index >= 15 is 0 Å². The molecule has 0 amide bonds. The maximum absolute atomic E-state index is 5.62. The Kier molecular flexibility index (Phi) is 4.30. The smallest absolute Gasteiger partial charge is 0.323 e. The lowest BCUT2D eigenvalue weighted by molar-refractivity contribution is 0.222. The lowest BCUT2D eigenvalue weighted by Crippen LogP contribution is -2.25. The Balaban J connectivity index is 2.24. The van der Waals surface area contributed by atoms with Crippen LogP contribution in [0, 0.1) is 5.41 Å². The van der Waals surface area contributed by atoms with Crippen LogP contribution in [0.1, 0.15) is 41.0 Å². The quantitative estimate of drug-likeness (QED) is 0.892. The molecule has 0 bridgehead atoms. The van der Waals surface area contributed by atoms with Crippen molar-refractivity contribution in [2.24, 2.45) is 5.41 Å². The Morgan fingerprint density at radius 3 is 2.60 bits per heavy atom. The number of aromatic nitrogens is 3. The number of hydrogen-bond donors (Lipinski definition) is 1. The minimum absolute atomic E-state index is 0.0507. The fraction of sp³-hybridized carbons (Fsp3) is 0.786. The Hall–Kier alpha value is -1.59. The van der Waals surface area contributed by atoms with Crippen molar-refractivity contribution >= 4 is 11.9 Å². The molecule has 1 aromatic heterocycles. The highest BCUT2D eigenvalue weighted by Gasteiger charge is 2.31. The summed E-state index contributed by atoms with van der Waals surface area (Å²) in [5, 5.41) is 3.14. The van der Waals surface area contributed by atoms with Gasteiger partial charge in [0.15, 0.2) is 0 Å². The fourth-order valence-electron chi connectivity index (χ4n) is 2.27. The topological polar surface area (TPSA) is 63.2 Å². The minimum atomic E-state index is 0.0507. The molecule has 1 aromatic rings. The van der Waals surface area contributed by atoms with Crippen LogP contribution in [0.2, 0.25) is 0 Å². The van der Waals surface area contributed by atoms with Crippen molar-refractivity contribution in [2.75, 3.05) is 29.9 Å². The third kappa shape index (κ3) is 3.71. The van der Waals surface area contributed by atoms with Crippen LogP contribution in [-0.2, 0) is 0 Å². The summed E-state index contributed by atoms with van der Waals surface area (Å²) in [4.78, 5) is 15.4. The van der Waals surface area contributed by atoms with Gasteiger partial charge < -0.3 is 15.0 Å². The first-order valence-corrected chi connectivity index (χ1v) is 7.31. The molecule has 1 aliphatic rings. The predicted molar refractivity (Wildman–Crippen MR) is 80.4 cm³/mol. The molecule has 0 unspecified atom stereocenters. The average Bonchev–Trinajstić information content (AvgIpc) is 2.69. The third-order valence-electron chi connectivity index (χ3n) is 3.24. The largest absolute Gasteiger partial charge is 0.461 e. The van der Waals surface area contributed by atoms with E-state index in [1.807, 2.05) is 20.8 Å². The summed E-state index contributed by atoms with van der Waals surface area (Å²) < 4.78 is 5.62. The lowest BCUT2D eigenvalue weighted by atomic mass is 9.93. The van der Waals surface area contributed by atoms with Crippen molar-refractivity contribution in [1.29, 1.82) is 0 Å². The number of rotatable bonds is 5. The normalized spacial score (nSPS) is 17.6. The van der Waals surface area contributed by atoms with E-state index in [1.54, 1.807) is 0 Å². The molecule has 0 spiro atoms. The van der Waals surface area contributed by atoms with Crippen molar-refractivity contribution in [1.82, 2.24) is 15.0 Å². The van der Waals surface area contributed by atoms with E-state index in [-0.39, 0.29) is 6.10 Å². The molecule has 6 heteroatoms. The van der Waals surface area contributed by atoms with Gasteiger partial charge in [0.05, 0.1) is 6.10 Å². The van der Waals surface area contributed by atoms with Crippen molar-refractivity contribution in [2.45, 2.75) is 47.1 Å². The molecular weight excluding hydrogens is 254 g/mol. The Morgan fingerprint density at radius 1 is 1.30 bits per heavy atom. The van der Waals surface area contributed by atoms with Gasteiger partial charge in [-0.3, -0.25) is 0 Å². The Bertz CT molecular complexity index is 461. The number of ether oxygens (including phenoxy) is 1. The van der Waals surface area contributed by atoms with Crippen LogP contribution in [0.25, 0.3) is 0 Å². The van der Waals surface area contributed by atoms with Gasteiger partial charge >= 0.3 is 6.01 Å². The Labute approximate surface area is 121 Å². The van der Waals surface area contributed by atoms with Gasteiger partial charge in [-0.15, -0.1) is 0 Å². The summed E-state index contributed by atoms with van der Waals surface area (Å²) in [7, 11) is 0.